The lowest BCUT2D eigenvalue weighted by molar-refractivity contribution is -0.130. The third-order valence-corrected chi connectivity index (χ3v) is 4.62. The van der Waals surface area contributed by atoms with Gasteiger partial charge in [-0.25, -0.2) is 4.39 Å². The van der Waals surface area contributed by atoms with E-state index < -0.39 is 11.4 Å². The van der Waals surface area contributed by atoms with Crippen LogP contribution < -0.4 is 0 Å². The molecule has 2 rings (SSSR count). The van der Waals surface area contributed by atoms with E-state index in [2.05, 4.69) is 0 Å². The Kier molecular flexibility index (Phi) is 6.00. The summed E-state index contributed by atoms with van der Waals surface area (Å²) in [7, 11) is 3.85. The van der Waals surface area contributed by atoms with E-state index in [4.69, 9.17) is 11.6 Å². The summed E-state index contributed by atoms with van der Waals surface area (Å²) in [6.45, 7) is 1.64. The largest absolute Gasteiger partial charge is 0.388 e. The number of carbonyl (C=O) groups is 1. The Morgan fingerprint density at radius 1 is 1.39 bits per heavy atom. The third kappa shape index (κ3) is 4.90. The van der Waals surface area contributed by atoms with Crippen LogP contribution in [0.25, 0.3) is 0 Å². The standard InChI is InChI=1S/C17H24ClFN2O2/c1-20(2)12-17(23)7-4-9-21(10-8-17)16(22)11-13-14(18)5-3-6-15(13)19/h3,5-6,23H,4,7-12H2,1-2H3. The maximum absolute atomic E-state index is 13.8. The minimum absolute atomic E-state index is 0.0440. The maximum Gasteiger partial charge on any atom is 0.227 e. The first-order chi connectivity index (χ1) is 10.8. The molecule has 0 radical (unpaired) electrons. The van der Waals surface area contributed by atoms with Crippen molar-refractivity contribution in [2.24, 2.45) is 0 Å². The minimum Gasteiger partial charge on any atom is -0.388 e. The lowest BCUT2D eigenvalue weighted by Crippen LogP contribution is -2.41. The molecule has 6 heteroatoms. The second-order valence-corrected chi connectivity index (χ2v) is 6.98. The Bertz CT molecular complexity index is 547. The van der Waals surface area contributed by atoms with E-state index in [0.29, 0.717) is 32.5 Å². The summed E-state index contributed by atoms with van der Waals surface area (Å²) in [6, 6.07) is 4.43. The summed E-state index contributed by atoms with van der Waals surface area (Å²) in [5.41, 5.74) is -0.527. The lowest BCUT2D eigenvalue weighted by atomic mass is 9.94. The van der Waals surface area contributed by atoms with Crippen molar-refractivity contribution in [3.8, 4) is 0 Å². The molecule has 0 bridgehead atoms. The number of hydrogen-bond acceptors (Lipinski definition) is 3. The van der Waals surface area contributed by atoms with Crippen LogP contribution in [0.2, 0.25) is 5.02 Å². The topological polar surface area (TPSA) is 43.8 Å². The van der Waals surface area contributed by atoms with Crippen LogP contribution in [-0.2, 0) is 11.2 Å². The molecule has 4 nitrogen and oxygen atoms in total. The van der Waals surface area contributed by atoms with Gasteiger partial charge in [0.25, 0.3) is 0 Å². The van der Waals surface area contributed by atoms with Crippen molar-refractivity contribution in [1.82, 2.24) is 9.80 Å². The summed E-state index contributed by atoms with van der Waals surface area (Å²) >= 11 is 5.99. The van der Waals surface area contributed by atoms with E-state index in [1.54, 1.807) is 11.0 Å². The number of hydrogen-bond donors (Lipinski definition) is 1. The zero-order chi connectivity index (χ0) is 17.0. The Morgan fingerprint density at radius 3 is 2.78 bits per heavy atom. The maximum atomic E-state index is 13.8. The van der Waals surface area contributed by atoms with Crippen LogP contribution in [0, 0.1) is 5.82 Å². The molecular formula is C17H24ClFN2O2. The van der Waals surface area contributed by atoms with Gasteiger partial charge in [0.15, 0.2) is 0 Å². The third-order valence-electron chi connectivity index (χ3n) is 4.27. The lowest BCUT2D eigenvalue weighted by Gasteiger charge is -2.30. The molecule has 0 aliphatic carbocycles. The number of likely N-dealkylation sites (tertiary alicyclic amines) is 1. The summed E-state index contributed by atoms with van der Waals surface area (Å²) in [5, 5.41) is 10.9. The van der Waals surface area contributed by atoms with Crippen molar-refractivity contribution in [1.29, 1.82) is 0 Å². The number of benzene rings is 1. The number of carbonyl (C=O) groups excluding carboxylic acids is 1. The monoisotopic (exact) mass is 342 g/mol. The highest BCUT2D eigenvalue weighted by Crippen LogP contribution is 2.25. The summed E-state index contributed by atoms with van der Waals surface area (Å²) in [4.78, 5) is 16.1. The van der Waals surface area contributed by atoms with Crippen LogP contribution in [0.3, 0.4) is 0 Å². The van der Waals surface area contributed by atoms with Gasteiger partial charge in [-0.3, -0.25) is 4.79 Å². The SMILES string of the molecule is CN(C)CC1(O)CCCN(C(=O)Cc2c(F)cccc2Cl)CC1. The highest BCUT2D eigenvalue weighted by atomic mass is 35.5. The van der Waals surface area contributed by atoms with Gasteiger partial charge in [-0.2, -0.15) is 0 Å². The van der Waals surface area contributed by atoms with E-state index >= 15 is 0 Å². The molecule has 128 valence electrons. The van der Waals surface area contributed by atoms with Crippen molar-refractivity contribution in [3.05, 3.63) is 34.6 Å². The summed E-state index contributed by atoms with van der Waals surface area (Å²) < 4.78 is 13.8. The van der Waals surface area contributed by atoms with Gasteiger partial charge >= 0.3 is 0 Å². The van der Waals surface area contributed by atoms with Crippen molar-refractivity contribution in [2.75, 3.05) is 33.7 Å². The van der Waals surface area contributed by atoms with Crippen LogP contribution in [-0.4, -0.2) is 60.1 Å². The molecule has 1 heterocycles. The molecule has 1 N–H and O–H groups in total. The van der Waals surface area contributed by atoms with Crippen LogP contribution >= 0.6 is 11.6 Å². The molecule has 1 fully saturated rings. The van der Waals surface area contributed by atoms with E-state index in [1.807, 2.05) is 19.0 Å². The first-order valence-electron chi connectivity index (χ1n) is 7.88. The Balaban J connectivity index is 2.01. The van der Waals surface area contributed by atoms with Gasteiger partial charge in [0.05, 0.1) is 12.0 Å². The summed E-state index contributed by atoms with van der Waals surface area (Å²) in [5.74, 6) is -0.601. The smallest absolute Gasteiger partial charge is 0.227 e. The van der Waals surface area contributed by atoms with Gasteiger partial charge in [-0.05, 0) is 45.5 Å². The zero-order valence-corrected chi connectivity index (χ0v) is 14.4. The highest BCUT2D eigenvalue weighted by molar-refractivity contribution is 6.31. The van der Waals surface area contributed by atoms with Crippen molar-refractivity contribution < 1.29 is 14.3 Å². The molecular weight excluding hydrogens is 319 g/mol. The minimum atomic E-state index is -0.770. The summed E-state index contributed by atoms with van der Waals surface area (Å²) in [6.07, 6.45) is 1.88. The Labute approximate surface area is 141 Å². The van der Waals surface area contributed by atoms with E-state index in [1.165, 1.54) is 12.1 Å². The van der Waals surface area contributed by atoms with Crippen LogP contribution in [0.5, 0.6) is 0 Å². The number of likely N-dealkylation sites (N-methyl/N-ethyl adjacent to an activating group) is 1. The molecule has 0 aromatic heterocycles. The predicted octanol–water partition coefficient (Wildman–Crippen LogP) is 2.33. The van der Waals surface area contributed by atoms with Gasteiger partial charge < -0.3 is 14.9 Å². The number of halogens is 2. The predicted molar refractivity (Wildman–Crippen MR) is 89.0 cm³/mol. The average molecular weight is 343 g/mol. The van der Waals surface area contributed by atoms with Gasteiger partial charge in [-0.1, -0.05) is 17.7 Å². The Hall–Kier alpha value is -1.17. The normalized spacial score (nSPS) is 22.3. The molecule has 1 saturated heterocycles. The van der Waals surface area contributed by atoms with Gasteiger partial charge in [0, 0.05) is 30.2 Å². The van der Waals surface area contributed by atoms with Gasteiger partial charge in [-0.15, -0.1) is 0 Å². The van der Waals surface area contributed by atoms with Gasteiger partial charge in [0.1, 0.15) is 5.82 Å². The molecule has 23 heavy (non-hydrogen) atoms. The average Bonchev–Trinajstić information content (AvgIpc) is 2.64. The van der Waals surface area contributed by atoms with Gasteiger partial charge in [0.2, 0.25) is 5.91 Å². The van der Waals surface area contributed by atoms with E-state index in [-0.39, 0.29) is 22.9 Å². The first-order valence-corrected chi connectivity index (χ1v) is 8.26. The quantitative estimate of drug-likeness (QED) is 0.913. The second-order valence-electron chi connectivity index (χ2n) is 6.57. The molecule has 1 aromatic carbocycles. The molecule has 0 spiro atoms. The van der Waals surface area contributed by atoms with E-state index in [0.717, 1.165) is 6.42 Å². The van der Waals surface area contributed by atoms with Crippen LogP contribution in [0.4, 0.5) is 4.39 Å². The number of aliphatic hydroxyl groups is 1. The van der Waals surface area contributed by atoms with Crippen LogP contribution in [0.1, 0.15) is 24.8 Å². The van der Waals surface area contributed by atoms with Crippen molar-refractivity contribution in [2.45, 2.75) is 31.3 Å². The van der Waals surface area contributed by atoms with E-state index in [9.17, 15) is 14.3 Å². The molecule has 1 unspecified atom stereocenters. The zero-order valence-electron chi connectivity index (χ0n) is 13.7. The number of nitrogens with zero attached hydrogens (tertiary/aromatic N) is 2. The fourth-order valence-electron chi connectivity index (χ4n) is 3.14. The van der Waals surface area contributed by atoms with Crippen molar-refractivity contribution >= 4 is 17.5 Å². The fourth-order valence-corrected chi connectivity index (χ4v) is 3.37. The molecule has 1 aliphatic rings. The highest BCUT2D eigenvalue weighted by Gasteiger charge is 2.32. The molecule has 0 saturated carbocycles. The molecule has 1 atom stereocenters. The number of amides is 1. The molecule has 1 aromatic rings. The second kappa shape index (κ2) is 7.60. The fraction of sp³-hybridized carbons (Fsp3) is 0.588. The molecule has 1 amide bonds. The number of rotatable bonds is 4. The Morgan fingerprint density at radius 2 is 2.13 bits per heavy atom. The molecule has 1 aliphatic heterocycles. The first kappa shape index (κ1) is 18.2. The van der Waals surface area contributed by atoms with Crippen LogP contribution in [0.15, 0.2) is 18.2 Å². The van der Waals surface area contributed by atoms with Crippen molar-refractivity contribution in [3.63, 3.8) is 0 Å².